The van der Waals surface area contributed by atoms with Gasteiger partial charge in [-0.1, -0.05) is 53.7 Å². The average molecular weight is 487 g/mol. The first-order valence-electron chi connectivity index (χ1n) is 12.1. The second-order valence-electron chi connectivity index (χ2n) is 12.4. The number of allylic oxidation sites excluding steroid dienone is 2. The number of rotatable bonds is 10. The highest BCUT2D eigenvalue weighted by Crippen LogP contribution is 2.47. The Bertz CT molecular complexity index is 631. The standard InChI is InChI=1S/C25H50O5Si2/c1-24(2,3)31(8,9)29-21-17-22(30-32(10,11)25(4,5)6)20(18-26)19(21)15-13-12-14-16-23(27)28-7/h12-13,19-22,26H,14-18H2,1-11H3/b13-12-/t19-,20+,21-,22+/m0/s1. The summed E-state index contributed by atoms with van der Waals surface area (Å²) in [5.74, 6) is 0.0770. The molecule has 0 aromatic carbocycles. The zero-order valence-electron chi connectivity index (χ0n) is 22.6. The van der Waals surface area contributed by atoms with E-state index in [2.05, 4.69) is 79.9 Å². The van der Waals surface area contributed by atoms with E-state index in [1.54, 1.807) is 0 Å². The van der Waals surface area contributed by atoms with Crippen molar-refractivity contribution in [3.05, 3.63) is 12.2 Å². The van der Waals surface area contributed by atoms with Crippen molar-refractivity contribution in [1.29, 1.82) is 0 Å². The van der Waals surface area contributed by atoms with Crippen LogP contribution in [0.25, 0.3) is 0 Å². The van der Waals surface area contributed by atoms with Gasteiger partial charge in [0, 0.05) is 18.9 Å². The van der Waals surface area contributed by atoms with Crippen molar-refractivity contribution in [3.63, 3.8) is 0 Å². The van der Waals surface area contributed by atoms with Gasteiger partial charge in [0.25, 0.3) is 0 Å². The van der Waals surface area contributed by atoms with Crippen LogP contribution >= 0.6 is 0 Å². The third kappa shape index (κ3) is 7.79. The molecule has 0 radical (unpaired) electrons. The molecule has 0 spiro atoms. The van der Waals surface area contributed by atoms with E-state index < -0.39 is 16.6 Å². The van der Waals surface area contributed by atoms with Crippen molar-refractivity contribution in [2.24, 2.45) is 11.8 Å². The molecule has 0 heterocycles. The quantitative estimate of drug-likeness (QED) is 0.223. The van der Waals surface area contributed by atoms with Gasteiger partial charge in [-0.2, -0.15) is 0 Å². The van der Waals surface area contributed by atoms with Crippen LogP contribution in [-0.2, 0) is 18.4 Å². The van der Waals surface area contributed by atoms with Gasteiger partial charge in [-0.05, 0) is 61.4 Å². The van der Waals surface area contributed by atoms with Crippen LogP contribution in [0.2, 0.25) is 36.3 Å². The number of hydrogen-bond donors (Lipinski definition) is 1. The summed E-state index contributed by atoms with van der Waals surface area (Å²) < 4.78 is 18.5. The predicted molar refractivity (Wildman–Crippen MR) is 138 cm³/mol. The Balaban J connectivity index is 3.08. The summed E-state index contributed by atoms with van der Waals surface area (Å²) in [6, 6.07) is 0. The smallest absolute Gasteiger partial charge is 0.305 e. The molecule has 0 amide bonds. The molecular formula is C25H50O5Si2. The SMILES string of the molecule is COC(=O)CC/C=C\C[C@H]1[C@@H](CO)[C@H](O[Si](C)(C)C(C)(C)C)C[C@@H]1O[Si](C)(C)C(C)(C)C. The molecule has 0 aromatic heterocycles. The van der Waals surface area contributed by atoms with Gasteiger partial charge >= 0.3 is 5.97 Å². The van der Waals surface area contributed by atoms with Crippen molar-refractivity contribution in [2.75, 3.05) is 13.7 Å². The number of aliphatic hydroxyl groups excluding tert-OH is 1. The minimum absolute atomic E-state index is 0.0177. The summed E-state index contributed by atoms with van der Waals surface area (Å²) in [7, 11) is -2.51. The normalized spacial score (nSPS) is 25.5. The molecule has 1 fully saturated rings. The number of carbonyl (C=O) groups is 1. The summed E-state index contributed by atoms with van der Waals surface area (Å²) >= 11 is 0. The van der Waals surface area contributed by atoms with Gasteiger partial charge in [0.1, 0.15) is 0 Å². The third-order valence-electron chi connectivity index (χ3n) is 8.00. The molecule has 5 nitrogen and oxygen atoms in total. The molecular weight excluding hydrogens is 436 g/mol. The van der Waals surface area contributed by atoms with Crippen LogP contribution in [0.15, 0.2) is 12.2 Å². The maximum absolute atomic E-state index is 11.4. The highest BCUT2D eigenvalue weighted by molar-refractivity contribution is 6.74. The summed E-state index contributed by atoms with van der Waals surface area (Å²) in [6.45, 7) is 22.8. The lowest BCUT2D eigenvalue weighted by Gasteiger charge is -2.40. The molecule has 0 bridgehead atoms. The topological polar surface area (TPSA) is 65.0 Å². The fourth-order valence-electron chi connectivity index (χ4n) is 3.77. The van der Waals surface area contributed by atoms with E-state index in [-0.39, 0.29) is 46.7 Å². The first kappa shape index (κ1) is 29.6. The molecule has 1 saturated carbocycles. The Morgan fingerprint density at radius 3 is 1.78 bits per heavy atom. The van der Waals surface area contributed by atoms with E-state index in [0.717, 1.165) is 12.8 Å². The minimum atomic E-state index is -1.97. The number of aliphatic hydroxyl groups is 1. The van der Waals surface area contributed by atoms with E-state index in [4.69, 9.17) is 13.6 Å². The van der Waals surface area contributed by atoms with Crippen molar-refractivity contribution in [3.8, 4) is 0 Å². The fraction of sp³-hybridized carbons (Fsp3) is 0.880. The highest BCUT2D eigenvalue weighted by atomic mass is 28.4. The maximum Gasteiger partial charge on any atom is 0.305 e. The van der Waals surface area contributed by atoms with Crippen LogP contribution in [0, 0.1) is 11.8 Å². The Morgan fingerprint density at radius 1 is 0.906 bits per heavy atom. The first-order valence-corrected chi connectivity index (χ1v) is 18.0. The van der Waals surface area contributed by atoms with Gasteiger partial charge < -0.3 is 18.7 Å². The van der Waals surface area contributed by atoms with E-state index >= 15 is 0 Å². The molecule has 1 rings (SSSR count). The van der Waals surface area contributed by atoms with Crippen LogP contribution in [0.5, 0.6) is 0 Å². The molecule has 0 unspecified atom stereocenters. The highest BCUT2D eigenvalue weighted by Gasteiger charge is 2.50. The van der Waals surface area contributed by atoms with Crippen molar-refractivity contribution >= 4 is 22.6 Å². The average Bonchev–Trinajstić information content (AvgIpc) is 2.93. The molecule has 7 heteroatoms. The molecule has 0 aliphatic heterocycles. The van der Waals surface area contributed by atoms with Crippen LogP contribution < -0.4 is 0 Å². The minimum Gasteiger partial charge on any atom is -0.469 e. The van der Waals surface area contributed by atoms with Crippen LogP contribution in [0.4, 0.5) is 0 Å². The Hall–Kier alpha value is -0.476. The van der Waals surface area contributed by atoms with E-state index in [0.29, 0.717) is 12.8 Å². The van der Waals surface area contributed by atoms with Crippen LogP contribution in [0.1, 0.15) is 67.2 Å². The van der Waals surface area contributed by atoms with E-state index in [9.17, 15) is 9.90 Å². The lowest BCUT2D eigenvalue weighted by atomic mass is 9.91. The molecule has 1 aliphatic rings. The Morgan fingerprint density at radius 2 is 1.38 bits per heavy atom. The van der Waals surface area contributed by atoms with Crippen LogP contribution in [0.3, 0.4) is 0 Å². The molecule has 0 saturated heterocycles. The van der Waals surface area contributed by atoms with Crippen molar-refractivity contribution in [2.45, 2.75) is 116 Å². The lowest BCUT2D eigenvalue weighted by Crippen LogP contribution is -2.45. The summed E-state index contributed by atoms with van der Waals surface area (Å²) in [5, 5.41) is 10.6. The number of hydrogen-bond acceptors (Lipinski definition) is 5. The molecule has 32 heavy (non-hydrogen) atoms. The third-order valence-corrected chi connectivity index (χ3v) is 17.0. The van der Waals surface area contributed by atoms with Gasteiger partial charge in [0.2, 0.25) is 0 Å². The Labute approximate surface area is 199 Å². The molecule has 1 N–H and O–H groups in total. The van der Waals surface area contributed by atoms with E-state index in [1.165, 1.54) is 7.11 Å². The molecule has 1 aliphatic carbocycles. The number of carbonyl (C=O) groups excluding carboxylic acids is 1. The second-order valence-corrected chi connectivity index (χ2v) is 21.9. The predicted octanol–water partition coefficient (Wildman–Crippen LogP) is 6.30. The van der Waals surface area contributed by atoms with Gasteiger partial charge in [-0.15, -0.1) is 0 Å². The van der Waals surface area contributed by atoms with Gasteiger partial charge in [-0.25, -0.2) is 0 Å². The zero-order chi connectivity index (χ0) is 25.0. The summed E-state index contributed by atoms with van der Waals surface area (Å²) in [6.07, 6.45) is 7.01. The first-order chi connectivity index (χ1) is 14.5. The monoisotopic (exact) mass is 486 g/mol. The van der Waals surface area contributed by atoms with Crippen molar-refractivity contribution in [1.82, 2.24) is 0 Å². The Kier molecular flexibility index (Phi) is 10.4. The van der Waals surface area contributed by atoms with E-state index in [1.807, 2.05) is 0 Å². The largest absolute Gasteiger partial charge is 0.469 e. The van der Waals surface area contributed by atoms with Gasteiger partial charge in [0.15, 0.2) is 16.6 Å². The summed E-state index contributed by atoms with van der Waals surface area (Å²) in [5.41, 5.74) is 0. The van der Waals surface area contributed by atoms with Gasteiger partial charge in [-0.3, -0.25) is 4.79 Å². The zero-order valence-corrected chi connectivity index (χ0v) is 24.6. The lowest BCUT2D eigenvalue weighted by molar-refractivity contribution is -0.140. The van der Waals surface area contributed by atoms with Crippen LogP contribution in [-0.4, -0.2) is 53.6 Å². The number of esters is 1. The number of methoxy groups -OCH3 is 1. The molecule has 4 atom stereocenters. The number of ether oxygens (including phenoxy) is 1. The molecule has 0 aromatic rings. The fourth-order valence-corrected chi connectivity index (χ4v) is 6.53. The summed E-state index contributed by atoms with van der Waals surface area (Å²) in [4.78, 5) is 11.4. The van der Waals surface area contributed by atoms with Crippen molar-refractivity contribution < 1.29 is 23.5 Å². The molecule has 188 valence electrons. The second kappa shape index (κ2) is 11.3. The van der Waals surface area contributed by atoms with Gasteiger partial charge in [0.05, 0.1) is 19.3 Å². The maximum atomic E-state index is 11.4.